The number of hydrogen-bond donors (Lipinski definition) is 1. The number of halogens is 1. The molecule has 0 amide bonds. The Morgan fingerprint density at radius 3 is 2.90 bits per heavy atom. The molecule has 1 aromatic carbocycles. The second-order valence-corrected chi connectivity index (χ2v) is 5.49. The van der Waals surface area contributed by atoms with E-state index >= 15 is 0 Å². The molecule has 1 heterocycles. The van der Waals surface area contributed by atoms with Crippen molar-refractivity contribution in [1.29, 1.82) is 0 Å². The maximum absolute atomic E-state index is 6.24. The normalized spacial score (nSPS) is 16.9. The molecule has 1 aromatic heterocycles. The maximum Gasteiger partial charge on any atom is 0.183 e. The Bertz CT molecular complexity index is 617. The minimum Gasteiger partial charge on any atom is -0.398 e. The summed E-state index contributed by atoms with van der Waals surface area (Å²) >= 11 is 6.24. The smallest absolute Gasteiger partial charge is 0.183 e. The molecule has 0 unspecified atom stereocenters. The molecule has 3 rings (SSSR count). The molecule has 1 saturated carbocycles. The van der Waals surface area contributed by atoms with E-state index in [1.807, 2.05) is 12.1 Å². The third-order valence-corrected chi connectivity index (χ3v) is 4.36. The van der Waals surface area contributed by atoms with Gasteiger partial charge in [0.15, 0.2) is 5.82 Å². The first-order chi connectivity index (χ1) is 9.65. The van der Waals surface area contributed by atoms with Crippen molar-refractivity contribution in [1.82, 2.24) is 20.2 Å². The van der Waals surface area contributed by atoms with Crippen LogP contribution in [0.15, 0.2) is 18.2 Å². The van der Waals surface area contributed by atoms with Crippen molar-refractivity contribution in [3.05, 3.63) is 23.2 Å². The van der Waals surface area contributed by atoms with Crippen LogP contribution in [0.2, 0.25) is 5.02 Å². The van der Waals surface area contributed by atoms with Crippen LogP contribution in [0.5, 0.6) is 0 Å². The molecule has 0 spiro atoms. The molecular weight excluding hydrogens is 278 g/mol. The van der Waals surface area contributed by atoms with Crippen molar-refractivity contribution in [3.8, 4) is 11.4 Å². The van der Waals surface area contributed by atoms with Crippen molar-refractivity contribution in [2.45, 2.75) is 31.4 Å². The van der Waals surface area contributed by atoms with E-state index in [2.05, 4.69) is 15.5 Å². The van der Waals surface area contributed by atoms with E-state index in [4.69, 9.17) is 22.1 Å². The molecule has 0 aliphatic heterocycles. The Hall–Kier alpha value is -1.66. The zero-order chi connectivity index (χ0) is 14.2. The standard InChI is InChI=1S/C13H16ClN5O/c1-20-13(6-3-7-13)8-19-12(16-17-18-19)9-4-2-5-10(15)11(9)14/h2,4-5H,3,6-8,15H2,1H3. The van der Waals surface area contributed by atoms with Gasteiger partial charge in [-0.25, -0.2) is 4.68 Å². The Kier molecular flexibility index (Phi) is 3.35. The molecule has 0 atom stereocenters. The topological polar surface area (TPSA) is 78.8 Å². The summed E-state index contributed by atoms with van der Waals surface area (Å²) in [7, 11) is 1.73. The van der Waals surface area contributed by atoms with Crippen molar-refractivity contribution in [2.75, 3.05) is 12.8 Å². The van der Waals surface area contributed by atoms with Gasteiger partial charge in [-0.1, -0.05) is 17.7 Å². The van der Waals surface area contributed by atoms with Crippen LogP contribution in [0.25, 0.3) is 11.4 Å². The van der Waals surface area contributed by atoms with Crippen LogP contribution >= 0.6 is 11.6 Å². The molecule has 0 saturated heterocycles. The number of nitrogens with two attached hydrogens (primary N) is 1. The number of anilines is 1. The average molecular weight is 294 g/mol. The number of ether oxygens (including phenoxy) is 1. The van der Waals surface area contributed by atoms with Crippen molar-refractivity contribution in [2.24, 2.45) is 0 Å². The van der Waals surface area contributed by atoms with E-state index in [9.17, 15) is 0 Å². The van der Waals surface area contributed by atoms with E-state index in [0.717, 1.165) is 18.4 Å². The van der Waals surface area contributed by atoms with E-state index in [0.29, 0.717) is 23.1 Å². The van der Waals surface area contributed by atoms with Gasteiger partial charge in [-0.15, -0.1) is 5.10 Å². The highest BCUT2D eigenvalue weighted by Crippen LogP contribution is 2.38. The van der Waals surface area contributed by atoms with Gasteiger partial charge in [-0.3, -0.25) is 0 Å². The average Bonchev–Trinajstić information content (AvgIpc) is 2.85. The number of nitrogen functional groups attached to an aromatic ring is 1. The molecule has 0 bridgehead atoms. The van der Waals surface area contributed by atoms with Crippen LogP contribution in [-0.4, -0.2) is 32.9 Å². The monoisotopic (exact) mass is 293 g/mol. The van der Waals surface area contributed by atoms with E-state index < -0.39 is 0 Å². The predicted octanol–water partition coefficient (Wildman–Crippen LogP) is 2.14. The van der Waals surface area contributed by atoms with Gasteiger partial charge < -0.3 is 10.5 Å². The Morgan fingerprint density at radius 2 is 2.25 bits per heavy atom. The van der Waals surface area contributed by atoms with Crippen LogP contribution in [0.3, 0.4) is 0 Å². The van der Waals surface area contributed by atoms with Gasteiger partial charge in [-0.2, -0.15) is 0 Å². The highest BCUT2D eigenvalue weighted by Gasteiger charge is 2.38. The van der Waals surface area contributed by atoms with Crippen LogP contribution in [-0.2, 0) is 11.3 Å². The highest BCUT2D eigenvalue weighted by atomic mass is 35.5. The summed E-state index contributed by atoms with van der Waals surface area (Å²) in [4.78, 5) is 0. The zero-order valence-electron chi connectivity index (χ0n) is 11.2. The van der Waals surface area contributed by atoms with Crippen LogP contribution < -0.4 is 5.73 Å². The van der Waals surface area contributed by atoms with Gasteiger partial charge in [0.1, 0.15) is 0 Å². The number of aromatic nitrogens is 4. The molecule has 7 heteroatoms. The fourth-order valence-corrected chi connectivity index (χ4v) is 2.71. The van der Waals surface area contributed by atoms with Gasteiger partial charge in [0, 0.05) is 12.7 Å². The van der Waals surface area contributed by atoms with Gasteiger partial charge in [0.05, 0.1) is 22.9 Å². The Labute approximate surface area is 121 Å². The third kappa shape index (κ3) is 2.14. The largest absolute Gasteiger partial charge is 0.398 e. The quantitative estimate of drug-likeness (QED) is 0.874. The summed E-state index contributed by atoms with van der Waals surface area (Å²) in [6.45, 7) is 0.622. The Balaban J connectivity index is 1.96. The van der Waals surface area contributed by atoms with Crippen molar-refractivity contribution >= 4 is 17.3 Å². The molecule has 1 fully saturated rings. The predicted molar refractivity (Wildman–Crippen MR) is 76.3 cm³/mol. The lowest BCUT2D eigenvalue weighted by atomic mass is 9.80. The minimum atomic E-state index is -0.156. The fraction of sp³-hybridized carbons (Fsp3) is 0.462. The van der Waals surface area contributed by atoms with Crippen LogP contribution in [0.1, 0.15) is 19.3 Å². The number of rotatable bonds is 4. The molecule has 2 N–H and O–H groups in total. The molecule has 20 heavy (non-hydrogen) atoms. The molecule has 1 aliphatic carbocycles. The third-order valence-electron chi connectivity index (χ3n) is 3.94. The summed E-state index contributed by atoms with van der Waals surface area (Å²) in [5.41, 5.74) is 6.93. The van der Waals surface area contributed by atoms with Crippen molar-refractivity contribution < 1.29 is 4.74 Å². The van der Waals surface area contributed by atoms with Crippen molar-refractivity contribution in [3.63, 3.8) is 0 Å². The first-order valence-electron chi connectivity index (χ1n) is 6.51. The summed E-state index contributed by atoms with van der Waals surface area (Å²) in [5, 5.41) is 12.4. The Morgan fingerprint density at radius 1 is 1.45 bits per heavy atom. The number of hydrogen-bond acceptors (Lipinski definition) is 5. The number of tetrazole rings is 1. The van der Waals surface area contributed by atoms with Crippen LogP contribution in [0, 0.1) is 0 Å². The molecule has 2 aromatic rings. The molecule has 106 valence electrons. The zero-order valence-corrected chi connectivity index (χ0v) is 12.0. The summed E-state index contributed by atoms with van der Waals surface area (Å²) in [6, 6.07) is 5.45. The fourth-order valence-electron chi connectivity index (χ4n) is 2.50. The minimum absolute atomic E-state index is 0.156. The molecule has 6 nitrogen and oxygen atoms in total. The first-order valence-corrected chi connectivity index (χ1v) is 6.89. The maximum atomic E-state index is 6.24. The lowest BCUT2D eigenvalue weighted by Crippen LogP contribution is -2.43. The van der Waals surface area contributed by atoms with Gasteiger partial charge >= 0.3 is 0 Å². The van der Waals surface area contributed by atoms with E-state index in [-0.39, 0.29) is 5.60 Å². The van der Waals surface area contributed by atoms with Crippen LogP contribution in [0.4, 0.5) is 5.69 Å². The van der Waals surface area contributed by atoms with Gasteiger partial charge in [0.2, 0.25) is 0 Å². The second-order valence-electron chi connectivity index (χ2n) is 5.11. The number of methoxy groups -OCH3 is 1. The highest BCUT2D eigenvalue weighted by molar-refractivity contribution is 6.35. The lowest BCUT2D eigenvalue weighted by Gasteiger charge is -2.40. The number of nitrogens with zero attached hydrogens (tertiary/aromatic N) is 4. The van der Waals surface area contributed by atoms with Gasteiger partial charge in [0.25, 0.3) is 0 Å². The molecular formula is C13H16ClN5O. The number of benzene rings is 1. The first kappa shape index (κ1) is 13.3. The summed E-state index contributed by atoms with van der Waals surface area (Å²) in [6.07, 6.45) is 3.21. The summed E-state index contributed by atoms with van der Waals surface area (Å²) in [5.74, 6) is 0.616. The SMILES string of the molecule is COC1(Cn2nnnc2-c2cccc(N)c2Cl)CCC1. The van der Waals surface area contributed by atoms with E-state index in [1.54, 1.807) is 17.9 Å². The van der Waals surface area contributed by atoms with Gasteiger partial charge in [-0.05, 0) is 41.8 Å². The summed E-state index contributed by atoms with van der Waals surface area (Å²) < 4.78 is 7.36. The lowest BCUT2D eigenvalue weighted by molar-refractivity contribution is -0.0855. The molecule has 0 radical (unpaired) electrons. The van der Waals surface area contributed by atoms with E-state index in [1.165, 1.54) is 6.42 Å². The second kappa shape index (κ2) is 5.03. The molecule has 1 aliphatic rings.